The molecule has 0 aromatic carbocycles. The van der Waals surface area contributed by atoms with E-state index < -0.39 is 0 Å². The van der Waals surface area contributed by atoms with E-state index >= 15 is 0 Å². The van der Waals surface area contributed by atoms with Gasteiger partial charge < -0.3 is 5.11 Å². The SMILES string of the molecule is C[C@]12CC[C@H](C3CCCC3)C[C@H]1CC[C@@H]1[C@@H]2CC[C@]2(C)[C@@H](O)CC[C@@H]12. The molecule has 142 valence electrons. The molecule has 0 unspecified atom stereocenters. The van der Waals surface area contributed by atoms with Crippen LogP contribution in [0.3, 0.4) is 0 Å². The van der Waals surface area contributed by atoms with Crippen molar-refractivity contribution < 1.29 is 5.11 Å². The third-order valence-electron chi connectivity index (χ3n) is 10.7. The van der Waals surface area contributed by atoms with Gasteiger partial charge in [-0.25, -0.2) is 0 Å². The Labute approximate surface area is 155 Å². The van der Waals surface area contributed by atoms with Gasteiger partial charge in [0.2, 0.25) is 0 Å². The van der Waals surface area contributed by atoms with Crippen molar-refractivity contribution in [3.05, 3.63) is 0 Å². The molecule has 0 bridgehead atoms. The number of aliphatic hydroxyl groups is 1. The van der Waals surface area contributed by atoms with E-state index in [4.69, 9.17) is 0 Å². The molecular formula is C24H40O. The molecule has 0 aromatic rings. The topological polar surface area (TPSA) is 20.2 Å². The molecule has 1 nitrogen and oxygen atoms in total. The van der Waals surface area contributed by atoms with Crippen LogP contribution in [-0.4, -0.2) is 11.2 Å². The van der Waals surface area contributed by atoms with Crippen molar-refractivity contribution >= 4 is 0 Å². The van der Waals surface area contributed by atoms with Crippen LogP contribution in [0.15, 0.2) is 0 Å². The number of hydrogen-bond acceptors (Lipinski definition) is 1. The minimum Gasteiger partial charge on any atom is -0.393 e. The normalized spacial score (nSPS) is 56.3. The highest BCUT2D eigenvalue weighted by molar-refractivity contribution is 5.09. The predicted octanol–water partition coefficient (Wildman–Crippen LogP) is 6.20. The highest BCUT2D eigenvalue weighted by Gasteiger charge is 2.60. The van der Waals surface area contributed by atoms with Gasteiger partial charge in [0.25, 0.3) is 0 Å². The highest BCUT2D eigenvalue weighted by Crippen LogP contribution is 2.67. The Morgan fingerprint density at radius 1 is 0.680 bits per heavy atom. The average molecular weight is 345 g/mol. The largest absolute Gasteiger partial charge is 0.393 e. The first kappa shape index (κ1) is 17.1. The molecular weight excluding hydrogens is 304 g/mol. The fourth-order valence-electron chi connectivity index (χ4n) is 9.12. The molecule has 0 radical (unpaired) electrons. The van der Waals surface area contributed by atoms with Gasteiger partial charge in [0, 0.05) is 0 Å². The molecule has 1 heteroatoms. The van der Waals surface area contributed by atoms with E-state index in [-0.39, 0.29) is 11.5 Å². The maximum Gasteiger partial charge on any atom is 0.0596 e. The van der Waals surface area contributed by atoms with E-state index in [1.807, 2.05) is 0 Å². The fourth-order valence-corrected chi connectivity index (χ4v) is 9.12. The van der Waals surface area contributed by atoms with Gasteiger partial charge in [0.15, 0.2) is 0 Å². The zero-order chi connectivity index (χ0) is 17.2. The van der Waals surface area contributed by atoms with Gasteiger partial charge in [0.05, 0.1) is 6.10 Å². The van der Waals surface area contributed by atoms with Gasteiger partial charge in [-0.2, -0.15) is 0 Å². The van der Waals surface area contributed by atoms with Crippen LogP contribution >= 0.6 is 0 Å². The van der Waals surface area contributed by atoms with Gasteiger partial charge >= 0.3 is 0 Å². The molecule has 5 aliphatic rings. The van der Waals surface area contributed by atoms with E-state index in [9.17, 15) is 5.11 Å². The smallest absolute Gasteiger partial charge is 0.0596 e. The summed E-state index contributed by atoms with van der Waals surface area (Å²) in [6, 6.07) is 0. The molecule has 25 heavy (non-hydrogen) atoms. The predicted molar refractivity (Wildman–Crippen MR) is 103 cm³/mol. The monoisotopic (exact) mass is 344 g/mol. The first-order valence-electron chi connectivity index (χ1n) is 11.7. The van der Waals surface area contributed by atoms with Crippen LogP contribution in [0.1, 0.15) is 97.3 Å². The first-order valence-corrected chi connectivity index (χ1v) is 11.7. The summed E-state index contributed by atoms with van der Waals surface area (Å²) in [7, 11) is 0. The summed E-state index contributed by atoms with van der Waals surface area (Å²) in [6.45, 7) is 5.13. The lowest BCUT2D eigenvalue weighted by atomic mass is 9.44. The quantitative estimate of drug-likeness (QED) is 0.600. The summed E-state index contributed by atoms with van der Waals surface area (Å²) in [5, 5.41) is 10.6. The van der Waals surface area contributed by atoms with Crippen LogP contribution in [0, 0.1) is 46.3 Å². The summed E-state index contributed by atoms with van der Waals surface area (Å²) in [5.41, 5.74) is 0.887. The molecule has 1 N–H and O–H groups in total. The second-order valence-corrected chi connectivity index (χ2v) is 11.4. The van der Waals surface area contributed by atoms with Crippen molar-refractivity contribution in [1.29, 1.82) is 0 Å². The minimum absolute atomic E-state index is 0.0120. The third kappa shape index (κ3) is 2.43. The molecule has 0 spiro atoms. The lowest BCUT2D eigenvalue weighted by molar-refractivity contribution is -0.129. The average Bonchev–Trinajstić information content (AvgIpc) is 3.23. The molecule has 0 aliphatic heterocycles. The third-order valence-corrected chi connectivity index (χ3v) is 10.7. The maximum atomic E-state index is 10.6. The van der Waals surface area contributed by atoms with Gasteiger partial charge in [-0.1, -0.05) is 39.5 Å². The lowest BCUT2D eigenvalue weighted by Gasteiger charge is -2.61. The lowest BCUT2D eigenvalue weighted by Crippen LogP contribution is -2.54. The Morgan fingerprint density at radius 2 is 1.40 bits per heavy atom. The highest BCUT2D eigenvalue weighted by atomic mass is 16.3. The van der Waals surface area contributed by atoms with Crippen molar-refractivity contribution in [2.24, 2.45) is 46.3 Å². The van der Waals surface area contributed by atoms with Crippen molar-refractivity contribution in [3.63, 3.8) is 0 Å². The van der Waals surface area contributed by atoms with Gasteiger partial charge in [-0.3, -0.25) is 0 Å². The van der Waals surface area contributed by atoms with Crippen LogP contribution in [0.5, 0.6) is 0 Å². The Morgan fingerprint density at radius 3 is 2.20 bits per heavy atom. The Balaban J connectivity index is 1.35. The molecule has 0 heterocycles. The summed E-state index contributed by atoms with van der Waals surface area (Å²) in [5.74, 6) is 5.90. The summed E-state index contributed by atoms with van der Waals surface area (Å²) in [4.78, 5) is 0. The van der Waals surface area contributed by atoms with Crippen LogP contribution in [0.4, 0.5) is 0 Å². The standard InChI is InChI=1S/C24H40O/c1-23-13-11-17(16-5-3-4-6-16)15-18(23)7-8-19-20-9-10-22(25)24(20,2)14-12-21(19)23/h16-22,25H,3-15H2,1-2H3/t17-,18+,19-,20-,21-,22-,23-,24-/m0/s1. The molecule has 5 fully saturated rings. The van der Waals surface area contributed by atoms with Gasteiger partial charge in [-0.15, -0.1) is 0 Å². The van der Waals surface area contributed by atoms with Crippen LogP contribution in [0.2, 0.25) is 0 Å². The zero-order valence-corrected chi connectivity index (χ0v) is 16.7. The van der Waals surface area contributed by atoms with Crippen LogP contribution in [-0.2, 0) is 0 Å². The zero-order valence-electron chi connectivity index (χ0n) is 16.7. The van der Waals surface area contributed by atoms with Gasteiger partial charge in [-0.05, 0) is 104 Å². The Hall–Kier alpha value is -0.0400. The number of fused-ring (bicyclic) bond motifs is 5. The second-order valence-electron chi connectivity index (χ2n) is 11.4. The van der Waals surface area contributed by atoms with Gasteiger partial charge in [0.1, 0.15) is 0 Å². The Bertz CT molecular complexity index is 508. The van der Waals surface area contributed by atoms with Crippen molar-refractivity contribution in [1.82, 2.24) is 0 Å². The molecule has 8 atom stereocenters. The molecule has 5 saturated carbocycles. The number of hydrogen-bond donors (Lipinski definition) is 1. The van der Waals surface area contributed by atoms with E-state index in [2.05, 4.69) is 13.8 Å². The molecule has 0 aromatic heterocycles. The molecule has 5 aliphatic carbocycles. The fraction of sp³-hybridized carbons (Fsp3) is 1.00. The first-order chi connectivity index (χ1) is 12.0. The molecule has 0 amide bonds. The molecule has 5 rings (SSSR count). The minimum atomic E-state index is -0.0120. The van der Waals surface area contributed by atoms with Crippen molar-refractivity contribution in [2.45, 2.75) is 103 Å². The van der Waals surface area contributed by atoms with E-state index in [0.29, 0.717) is 5.41 Å². The maximum absolute atomic E-state index is 10.6. The van der Waals surface area contributed by atoms with E-state index in [1.165, 1.54) is 57.8 Å². The summed E-state index contributed by atoms with van der Waals surface area (Å²) >= 11 is 0. The summed E-state index contributed by atoms with van der Waals surface area (Å²) < 4.78 is 0. The summed E-state index contributed by atoms with van der Waals surface area (Å²) in [6.07, 6.45) is 18.8. The molecule has 0 saturated heterocycles. The van der Waals surface area contributed by atoms with Crippen molar-refractivity contribution in [2.75, 3.05) is 0 Å². The number of aliphatic hydroxyl groups excluding tert-OH is 1. The van der Waals surface area contributed by atoms with Crippen molar-refractivity contribution in [3.8, 4) is 0 Å². The Kier molecular flexibility index (Phi) is 4.09. The van der Waals surface area contributed by atoms with Crippen LogP contribution in [0.25, 0.3) is 0 Å². The van der Waals surface area contributed by atoms with Crippen LogP contribution < -0.4 is 0 Å². The number of rotatable bonds is 1. The van der Waals surface area contributed by atoms with E-state index in [1.54, 1.807) is 19.3 Å². The second kappa shape index (κ2) is 5.98. The van der Waals surface area contributed by atoms with E-state index in [0.717, 1.165) is 41.9 Å².